The molecule has 100 valence electrons. The zero-order valence-electron chi connectivity index (χ0n) is 11.3. The second-order valence-electron chi connectivity index (χ2n) is 4.90. The highest BCUT2D eigenvalue weighted by molar-refractivity contribution is 7.99. The van der Waals surface area contributed by atoms with Gasteiger partial charge in [0.25, 0.3) is 0 Å². The molecule has 0 spiro atoms. The fourth-order valence-corrected chi connectivity index (χ4v) is 3.20. The molecule has 2 rings (SSSR count). The molecule has 2 N–H and O–H groups in total. The van der Waals surface area contributed by atoms with E-state index < -0.39 is 0 Å². The van der Waals surface area contributed by atoms with Gasteiger partial charge in [-0.15, -0.1) is 0 Å². The van der Waals surface area contributed by atoms with Crippen LogP contribution in [0.3, 0.4) is 0 Å². The summed E-state index contributed by atoms with van der Waals surface area (Å²) in [6.45, 7) is 3.17. The number of pyridine rings is 1. The highest BCUT2D eigenvalue weighted by Gasteiger charge is 2.23. The van der Waals surface area contributed by atoms with Crippen LogP contribution in [0.25, 0.3) is 0 Å². The van der Waals surface area contributed by atoms with Crippen LogP contribution in [-0.2, 0) is 0 Å². The summed E-state index contributed by atoms with van der Waals surface area (Å²) < 4.78 is 0. The Balaban J connectivity index is 1.89. The van der Waals surface area contributed by atoms with Gasteiger partial charge in [-0.05, 0) is 38.0 Å². The summed E-state index contributed by atoms with van der Waals surface area (Å²) in [5, 5.41) is 7.81. The zero-order chi connectivity index (χ0) is 12.8. The second-order valence-corrected chi connectivity index (χ2v) is 6.04. The molecule has 1 aliphatic rings. The summed E-state index contributed by atoms with van der Waals surface area (Å²) >= 11 is 1.99. The van der Waals surface area contributed by atoms with Crippen LogP contribution in [0.4, 0.5) is 11.4 Å². The maximum absolute atomic E-state index is 4.29. The Morgan fingerprint density at radius 3 is 2.89 bits per heavy atom. The van der Waals surface area contributed by atoms with Crippen LogP contribution >= 0.6 is 11.8 Å². The van der Waals surface area contributed by atoms with E-state index in [0.29, 0.717) is 6.04 Å². The first kappa shape index (κ1) is 13.5. The Bertz CT molecular complexity index is 370. The van der Waals surface area contributed by atoms with Crippen molar-refractivity contribution in [3.05, 3.63) is 18.5 Å². The molecule has 0 aliphatic heterocycles. The van der Waals surface area contributed by atoms with E-state index in [1.165, 1.54) is 19.3 Å². The van der Waals surface area contributed by atoms with Crippen molar-refractivity contribution in [1.29, 1.82) is 0 Å². The maximum Gasteiger partial charge on any atom is 0.0549 e. The monoisotopic (exact) mass is 265 g/mol. The number of nitrogens with one attached hydrogen (secondary N) is 2. The number of thioether (sulfide) groups is 1. The molecule has 1 aliphatic carbocycles. The first-order valence-electron chi connectivity index (χ1n) is 6.80. The van der Waals surface area contributed by atoms with E-state index in [2.05, 4.69) is 34.9 Å². The summed E-state index contributed by atoms with van der Waals surface area (Å²) in [6, 6.07) is 2.78. The lowest BCUT2D eigenvalue weighted by atomic mass is 10.2. The van der Waals surface area contributed by atoms with Crippen LogP contribution in [0.15, 0.2) is 18.5 Å². The first-order chi connectivity index (χ1) is 8.81. The lowest BCUT2D eigenvalue weighted by Crippen LogP contribution is -2.16. The molecule has 4 heteroatoms. The largest absolute Gasteiger partial charge is 0.384 e. The molecule has 1 aromatic rings. The minimum absolute atomic E-state index is 0.616. The van der Waals surface area contributed by atoms with E-state index in [4.69, 9.17) is 0 Å². The number of anilines is 2. The van der Waals surface area contributed by atoms with Crippen molar-refractivity contribution in [3.63, 3.8) is 0 Å². The van der Waals surface area contributed by atoms with Crippen molar-refractivity contribution in [2.75, 3.05) is 23.4 Å². The van der Waals surface area contributed by atoms with Crippen LogP contribution in [0, 0.1) is 0 Å². The molecule has 2 atom stereocenters. The summed E-state index contributed by atoms with van der Waals surface area (Å²) in [7, 11) is 0. The minimum atomic E-state index is 0.616. The van der Waals surface area contributed by atoms with Gasteiger partial charge in [0, 0.05) is 17.8 Å². The predicted molar refractivity (Wildman–Crippen MR) is 81.6 cm³/mol. The van der Waals surface area contributed by atoms with Crippen molar-refractivity contribution < 1.29 is 0 Å². The third-order valence-electron chi connectivity index (χ3n) is 3.41. The average molecular weight is 265 g/mol. The van der Waals surface area contributed by atoms with E-state index in [1.807, 2.05) is 24.2 Å². The molecule has 1 aromatic heterocycles. The predicted octanol–water partition coefficient (Wildman–Crippen LogP) is 3.60. The molecular weight excluding hydrogens is 242 g/mol. The molecule has 3 nitrogen and oxygen atoms in total. The van der Waals surface area contributed by atoms with Gasteiger partial charge in [0.1, 0.15) is 0 Å². The number of hydrogen-bond donors (Lipinski definition) is 2. The van der Waals surface area contributed by atoms with Crippen molar-refractivity contribution in [2.24, 2.45) is 0 Å². The molecule has 0 amide bonds. The van der Waals surface area contributed by atoms with Gasteiger partial charge in [-0.25, -0.2) is 0 Å². The quantitative estimate of drug-likeness (QED) is 0.824. The van der Waals surface area contributed by atoms with Gasteiger partial charge in [-0.2, -0.15) is 11.8 Å². The summed E-state index contributed by atoms with van der Waals surface area (Å²) in [5.74, 6) is 0. The molecule has 1 fully saturated rings. The Hall–Kier alpha value is -0.900. The normalized spacial score (nSPS) is 23.0. The van der Waals surface area contributed by atoms with Crippen molar-refractivity contribution >= 4 is 23.1 Å². The van der Waals surface area contributed by atoms with E-state index in [-0.39, 0.29) is 0 Å². The molecule has 0 radical (unpaired) electrons. The van der Waals surface area contributed by atoms with Crippen molar-refractivity contribution in [3.8, 4) is 0 Å². The Labute approximate surface area is 114 Å². The van der Waals surface area contributed by atoms with Gasteiger partial charge in [-0.3, -0.25) is 4.98 Å². The number of hydrogen-bond acceptors (Lipinski definition) is 4. The summed E-state index contributed by atoms with van der Waals surface area (Å²) in [5.41, 5.74) is 2.25. The highest BCUT2D eigenvalue weighted by Crippen LogP contribution is 2.30. The SMILES string of the molecule is CCCNc1cncc(NC2CCC(SC)C2)c1. The number of nitrogens with zero attached hydrogens (tertiary/aromatic N) is 1. The molecule has 1 saturated carbocycles. The summed E-state index contributed by atoms with van der Waals surface area (Å²) in [4.78, 5) is 4.29. The molecule has 18 heavy (non-hydrogen) atoms. The number of aromatic nitrogens is 1. The zero-order valence-corrected chi connectivity index (χ0v) is 12.1. The molecule has 2 unspecified atom stereocenters. The Kier molecular flexibility index (Phi) is 5.17. The van der Waals surface area contributed by atoms with Gasteiger partial charge < -0.3 is 10.6 Å². The van der Waals surface area contributed by atoms with Gasteiger partial charge in [-0.1, -0.05) is 6.92 Å². The van der Waals surface area contributed by atoms with Gasteiger partial charge >= 0.3 is 0 Å². The molecule has 0 bridgehead atoms. The molecule has 0 saturated heterocycles. The van der Waals surface area contributed by atoms with Gasteiger partial charge in [0.15, 0.2) is 0 Å². The lowest BCUT2D eigenvalue weighted by molar-refractivity contribution is 0.756. The van der Waals surface area contributed by atoms with Gasteiger partial charge in [0.2, 0.25) is 0 Å². The molecule has 0 aromatic carbocycles. The van der Waals surface area contributed by atoms with E-state index in [1.54, 1.807) is 0 Å². The topological polar surface area (TPSA) is 37.0 Å². The standard InChI is InChI=1S/C14H23N3S/c1-3-6-16-12-7-13(10-15-9-12)17-11-4-5-14(8-11)18-2/h7,9-11,14,16-17H,3-6,8H2,1-2H3. The lowest BCUT2D eigenvalue weighted by Gasteiger charge is -2.15. The smallest absolute Gasteiger partial charge is 0.0549 e. The van der Waals surface area contributed by atoms with E-state index in [0.717, 1.165) is 29.6 Å². The van der Waals surface area contributed by atoms with Crippen LogP contribution in [0.2, 0.25) is 0 Å². The van der Waals surface area contributed by atoms with Crippen LogP contribution < -0.4 is 10.6 Å². The number of rotatable bonds is 6. The van der Waals surface area contributed by atoms with E-state index >= 15 is 0 Å². The van der Waals surface area contributed by atoms with Gasteiger partial charge in [0.05, 0.1) is 23.8 Å². The van der Waals surface area contributed by atoms with E-state index in [9.17, 15) is 0 Å². The molecular formula is C14H23N3S. The fraction of sp³-hybridized carbons (Fsp3) is 0.643. The first-order valence-corrected chi connectivity index (χ1v) is 8.09. The fourth-order valence-electron chi connectivity index (χ4n) is 2.41. The average Bonchev–Trinajstić information content (AvgIpc) is 2.84. The Morgan fingerprint density at radius 2 is 2.17 bits per heavy atom. The van der Waals surface area contributed by atoms with Crippen molar-refractivity contribution in [2.45, 2.75) is 43.9 Å². The second kappa shape index (κ2) is 6.88. The Morgan fingerprint density at radius 1 is 1.33 bits per heavy atom. The van der Waals surface area contributed by atoms with Crippen molar-refractivity contribution in [1.82, 2.24) is 4.98 Å². The summed E-state index contributed by atoms with van der Waals surface area (Å²) in [6.07, 6.45) is 11.0. The highest BCUT2D eigenvalue weighted by atomic mass is 32.2. The maximum atomic E-state index is 4.29. The molecule has 1 heterocycles. The van der Waals surface area contributed by atoms with Crippen LogP contribution in [0.1, 0.15) is 32.6 Å². The van der Waals surface area contributed by atoms with Crippen LogP contribution in [0.5, 0.6) is 0 Å². The third kappa shape index (κ3) is 3.80. The van der Waals surface area contributed by atoms with Crippen LogP contribution in [-0.4, -0.2) is 29.1 Å². The minimum Gasteiger partial charge on any atom is -0.384 e. The third-order valence-corrected chi connectivity index (χ3v) is 4.50.